The topological polar surface area (TPSA) is 32.3 Å². The van der Waals surface area contributed by atoms with Crippen molar-refractivity contribution in [1.82, 2.24) is 4.90 Å². The molecule has 98 valence electrons. The molecule has 0 aromatic heterocycles. The molecule has 1 rings (SSSR count). The van der Waals surface area contributed by atoms with Crippen LogP contribution in [0.25, 0.3) is 0 Å². The molecule has 0 unspecified atom stereocenters. The summed E-state index contributed by atoms with van der Waals surface area (Å²) < 4.78 is 13.3. The van der Waals surface area contributed by atoms with E-state index in [9.17, 15) is 9.18 Å². The van der Waals surface area contributed by atoms with Crippen LogP contribution in [0.1, 0.15) is 13.8 Å². The van der Waals surface area contributed by atoms with Gasteiger partial charge in [0.25, 0.3) is 0 Å². The number of likely N-dealkylation sites (N-methyl/N-ethyl adjacent to an activating group) is 1. The molecule has 1 N–H and O–H groups in total. The summed E-state index contributed by atoms with van der Waals surface area (Å²) in [5.74, 6) is -0.419. The Hall–Kier alpha value is -1.84. The zero-order chi connectivity index (χ0) is 13.5. The molecule has 0 heterocycles. The van der Waals surface area contributed by atoms with Crippen molar-refractivity contribution >= 4 is 11.6 Å². The van der Waals surface area contributed by atoms with Crippen molar-refractivity contribution < 1.29 is 9.18 Å². The first-order chi connectivity index (χ1) is 8.54. The fraction of sp³-hybridized carbons (Fsp3) is 0.357. The molecule has 0 aliphatic heterocycles. The molecule has 0 saturated heterocycles. The summed E-state index contributed by atoms with van der Waals surface area (Å²) in [6.07, 6.45) is 0. The molecule has 1 aromatic carbocycles. The van der Waals surface area contributed by atoms with Crippen LogP contribution >= 0.6 is 0 Å². The van der Waals surface area contributed by atoms with Crippen molar-refractivity contribution in [3.63, 3.8) is 0 Å². The average molecular weight is 250 g/mol. The van der Waals surface area contributed by atoms with E-state index in [1.807, 2.05) is 13.8 Å². The number of nitrogens with one attached hydrogen (secondary N) is 1. The predicted octanol–water partition coefficient (Wildman–Crippen LogP) is 2.66. The number of benzene rings is 1. The van der Waals surface area contributed by atoms with Crippen LogP contribution < -0.4 is 5.32 Å². The van der Waals surface area contributed by atoms with Crippen LogP contribution in [-0.2, 0) is 4.79 Å². The number of hydrogen-bond donors (Lipinski definition) is 1. The van der Waals surface area contributed by atoms with Gasteiger partial charge in [0.1, 0.15) is 5.82 Å². The molecule has 0 radical (unpaired) electrons. The van der Waals surface area contributed by atoms with Gasteiger partial charge in [-0.3, -0.25) is 4.79 Å². The summed E-state index contributed by atoms with van der Waals surface area (Å²) >= 11 is 0. The van der Waals surface area contributed by atoms with Crippen LogP contribution in [0.3, 0.4) is 0 Å². The second-order valence-electron chi connectivity index (χ2n) is 4.20. The molecule has 0 bridgehead atoms. The molecule has 0 saturated carbocycles. The maximum Gasteiger partial charge on any atom is 0.242 e. The number of rotatable bonds is 6. The van der Waals surface area contributed by atoms with Gasteiger partial charge in [-0.05, 0) is 26.0 Å². The van der Waals surface area contributed by atoms with E-state index in [1.165, 1.54) is 6.07 Å². The van der Waals surface area contributed by atoms with E-state index in [0.717, 1.165) is 5.57 Å². The first kappa shape index (κ1) is 14.2. The summed E-state index contributed by atoms with van der Waals surface area (Å²) in [6, 6.07) is 6.30. The maximum atomic E-state index is 13.3. The van der Waals surface area contributed by atoms with E-state index in [2.05, 4.69) is 11.9 Å². The van der Waals surface area contributed by atoms with E-state index in [0.29, 0.717) is 18.8 Å². The third-order valence-corrected chi connectivity index (χ3v) is 2.50. The van der Waals surface area contributed by atoms with Crippen LogP contribution in [0, 0.1) is 5.82 Å². The minimum Gasteiger partial charge on any atom is -0.374 e. The molecule has 0 aliphatic carbocycles. The highest BCUT2D eigenvalue weighted by Crippen LogP contribution is 2.11. The van der Waals surface area contributed by atoms with E-state index in [1.54, 1.807) is 23.1 Å². The third kappa shape index (κ3) is 4.20. The number of carbonyl (C=O) groups excluding carboxylic acids is 1. The number of hydrogen-bond acceptors (Lipinski definition) is 2. The Morgan fingerprint density at radius 2 is 2.11 bits per heavy atom. The lowest BCUT2D eigenvalue weighted by atomic mass is 10.3. The maximum absolute atomic E-state index is 13.3. The number of carbonyl (C=O) groups is 1. The fourth-order valence-corrected chi connectivity index (χ4v) is 1.59. The fourth-order valence-electron chi connectivity index (χ4n) is 1.59. The molecular weight excluding hydrogens is 231 g/mol. The molecule has 4 heteroatoms. The standard InChI is InChI=1S/C14H19FN2O/c1-4-17(10-11(2)3)14(18)9-16-13-8-6-5-7-12(13)15/h5-8,16H,2,4,9-10H2,1,3H3. The van der Waals surface area contributed by atoms with Gasteiger partial charge < -0.3 is 10.2 Å². The second kappa shape index (κ2) is 6.79. The molecule has 3 nitrogen and oxygen atoms in total. The van der Waals surface area contributed by atoms with Crippen LogP contribution in [0.5, 0.6) is 0 Å². The van der Waals surface area contributed by atoms with Crippen molar-refractivity contribution in [2.45, 2.75) is 13.8 Å². The van der Waals surface area contributed by atoms with Gasteiger partial charge in [-0.25, -0.2) is 4.39 Å². The van der Waals surface area contributed by atoms with Crippen LogP contribution in [0.2, 0.25) is 0 Å². The summed E-state index contributed by atoms with van der Waals surface area (Å²) in [6.45, 7) is 8.80. The van der Waals surface area contributed by atoms with Gasteiger partial charge in [0.15, 0.2) is 0 Å². The monoisotopic (exact) mass is 250 g/mol. The Balaban J connectivity index is 2.54. The van der Waals surface area contributed by atoms with Gasteiger partial charge in [-0.2, -0.15) is 0 Å². The lowest BCUT2D eigenvalue weighted by Gasteiger charge is -2.21. The minimum absolute atomic E-state index is 0.0660. The summed E-state index contributed by atoms with van der Waals surface area (Å²) in [4.78, 5) is 13.6. The number of anilines is 1. The Morgan fingerprint density at radius 3 is 2.67 bits per heavy atom. The molecule has 0 atom stereocenters. The largest absolute Gasteiger partial charge is 0.374 e. The quantitative estimate of drug-likeness (QED) is 0.787. The van der Waals surface area contributed by atoms with Crippen molar-refractivity contribution in [2.75, 3.05) is 25.0 Å². The first-order valence-corrected chi connectivity index (χ1v) is 5.95. The minimum atomic E-state index is -0.353. The van der Waals surface area contributed by atoms with Crippen molar-refractivity contribution in [1.29, 1.82) is 0 Å². The molecule has 1 aromatic rings. The van der Waals surface area contributed by atoms with E-state index in [4.69, 9.17) is 0 Å². The summed E-state index contributed by atoms with van der Waals surface area (Å²) in [7, 11) is 0. The smallest absolute Gasteiger partial charge is 0.242 e. The zero-order valence-corrected chi connectivity index (χ0v) is 10.9. The van der Waals surface area contributed by atoms with Crippen LogP contribution in [0.15, 0.2) is 36.4 Å². The molecule has 0 aliphatic rings. The van der Waals surface area contributed by atoms with Crippen molar-refractivity contribution in [2.24, 2.45) is 0 Å². The van der Waals surface area contributed by atoms with E-state index >= 15 is 0 Å². The molecule has 0 spiro atoms. The first-order valence-electron chi connectivity index (χ1n) is 5.95. The zero-order valence-electron chi connectivity index (χ0n) is 10.9. The molecule has 1 amide bonds. The number of halogens is 1. The Kier molecular flexibility index (Phi) is 5.36. The van der Waals surface area contributed by atoms with Gasteiger partial charge in [0, 0.05) is 13.1 Å². The molecule has 0 fully saturated rings. The lowest BCUT2D eigenvalue weighted by Crippen LogP contribution is -2.36. The Labute approximate surface area is 107 Å². The predicted molar refractivity (Wildman–Crippen MR) is 72.0 cm³/mol. The highest BCUT2D eigenvalue weighted by molar-refractivity contribution is 5.81. The Morgan fingerprint density at radius 1 is 1.44 bits per heavy atom. The third-order valence-electron chi connectivity index (χ3n) is 2.50. The normalized spacial score (nSPS) is 9.94. The average Bonchev–Trinajstić information content (AvgIpc) is 2.34. The summed E-state index contributed by atoms with van der Waals surface area (Å²) in [5.41, 5.74) is 1.27. The SMILES string of the molecule is C=C(C)CN(CC)C(=O)CNc1ccccc1F. The van der Waals surface area contributed by atoms with Gasteiger partial charge in [0.2, 0.25) is 5.91 Å². The van der Waals surface area contributed by atoms with E-state index < -0.39 is 0 Å². The molecular formula is C14H19FN2O. The lowest BCUT2D eigenvalue weighted by molar-refractivity contribution is -0.128. The van der Waals surface area contributed by atoms with Gasteiger partial charge in [-0.1, -0.05) is 24.3 Å². The van der Waals surface area contributed by atoms with Crippen molar-refractivity contribution in [3.8, 4) is 0 Å². The summed E-state index contributed by atoms with van der Waals surface area (Å²) in [5, 5.41) is 2.80. The number of amides is 1. The Bertz CT molecular complexity index is 432. The van der Waals surface area contributed by atoms with Gasteiger partial charge >= 0.3 is 0 Å². The highest BCUT2D eigenvalue weighted by Gasteiger charge is 2.11. The number of para-hydroxylation sites is 1. The number of nitrogens with zero attached hydrogens (tertiary/aromatic N) is 1. The van der Waals surface area contributed by atoms with Crippen LogP contribution in [-0.4, -0.2) is 30.4 Å². The highest BCUT2D eigenvalue weighted by atomic mass is 19.1. The van der Waals surface area contributed by atoms with Crippen molar-refractivity contribution in [3.05, 3.63) is 42.2 Å². The van der Waals surface area contributed by atoms with E-state index in [-0.39, 0.29) is 18.3 Å². The molecule has 18 heavy (non-hydrogen) atoms. The van der Waals surface area contributed by atoms with Gasteiger partial charge in [-0.15, -0.1) is 0 Å². The van der Waals surface area contributed by atoms with Gasteiger partial charge in [0.05, 0.1) is 12.2 Å². The van der Waals surface area contributed by atoms with Crippen LogP contribution in [0.4, 0.5) is 10.1 Å². The second-order valence-corrected chi connectivity index (χ2v) is 4.20.